The van der Waals surface area contributed by atoms with Crippen molar-refractivity contribution in [3.63, 3.8) is 0 Å². The molecule has 69 heavy (non-hydrogen) atoms. The number of nitrogens with two attached hydrogens (primary N) is 1. The van der Waals surface area contributed by atoms with Crippen LogP contribution < -0.4 is 5.73 Å². The lowest BCUT2D eigenvalue weighted by Crippen LogP contribution is -2.29. The highest BCUT2D eigenvalue weighted by Crippen LogP contribution is 2.43. The second-order valence-corrected chi connectivity index (χ2v) is 19.9. The number of unbranched alkanes of at least 4 members (excludes halogenated alkanes) is 25. The summed E-state index contributed by atoms with van der Waals surface area (Å²) >= 11 is 0. The van der Waals surface area contributed by atoms with Crippen molar-refractivity contribution in [3.8, 4) is 0 Å². The molecule has 2 unspecified atom stereocenters. The van der Waals surface area contributed by atoms with E-state index >= 15 is 0 Å². The van der Waals surface area contributed by atoms with E-state index in [1.165, 1.54) is 141 Å². The Morgan fingerprint density at radius 2 is 0.797 bits per heavy atom. The summed E-state index contributed by atoms with van der Waals surface area (Å²) < 4.78 is 32.9. The van der Waals surface area contributed by atoms with Gasteiger partial charge in [-0.25, -0.2) is 4.57 Å². The van der Waals surface area contributed by atoms with E-state index in [4.69, 9.17) is 24.3 Å². The van der Waals surface area contributed by atoms with Gasteiger partial charge in [0.1, 0.15) is 6.61 Å². The van der Waals surface area contributed by atoms with Crippen LogP contribution in [0.3, 0.4) is 0 Å². The number of esters is 2. The number of hydrogen-bond donors (Lipinski definition) is 2. The molecule has 0 aromatic heterocycles. The van der Waals surface area contributed by atoms with E-state index in [0.29, 0.717) is 12.8 Å². The van der Waals surface area contributed by atoms with Gasteiger partial charge >= 0.3 is 19.8 Å². The molecule has 2 atom stereocenters. The first kappa shape index (κ1) is 66.2. The molecule has 0 aliphatic carbocycles. The molecule has 398 valence electrons. The average Bonchev–Trinajstić information content (AvgIpc) is 3.34. The number of rotatable bonds is 52. The van der Waals surface area contributed by atoms with Gasteiger partial charge < -0.3 is 20.1 Å². The maximum absolute atomic E-state index is 12.7. The smallest absolute Gasteiger partial charge is 0.462 e. The first-order valence-electron chi connectivity index (χ1n) is 28.1. The quantitative estimate of drug-likeness (QED) is 0.0264. The standard InChI is InChI=1S/C59H104NO8P/c1-3-5-7-9-11-13-15-17-19-21-23-25-27-28-30-31-33-35-37-39-41-43-45-47-49-51-58(61)65-55-57(56-67-69(63,64)66-54-53-60)68-59(62)52-50-48-46-44-42-40-38-36-34-32-29-26-24-22-20-18-16-14-12-10-8-6-4-2/h6,8,12,14,18,20,24,26,32,34,38,40,44,46,57H,3-5,7,9-11,13,15-17,19,21-23,25,27-31,33,35-37,39,41-43,45,47-56,60H2,1-2H3,(H,63,64)/b8-6-,14-12-,20-18-,26-24-,34-32-,40-38-,46-44-. The Kier molecular flexibility index (Phi) is 52.3. The Labute approximate surface area is 424 Å². The SMILES string of the molecule is CC/C=C\C/C=C\C/C=C\C/C=C\C/C=C\C/C=C\C/C=C\CCCC(=O)OC(COC(=O)CCCCCCCCCCCCCCCCCCCCCCCCCCC)COP(=O)(O)OCCN. The zero-order valence-electron chi connectivity index (χ0n) is 44.3. The van der Waals surface area contributed by atoms with Crippen molar-refractivity contribution in [2.75, 3.05) is 26.4 Å². The summed E-state index contributed by atoms with van der Waals surface area (Å²) in [5.74, 6) is -0.894. The molecule has 0 heterocycles. The molecule has 0 saturated carbocycles. The van der Waals surface area contributed by atoms with Gasteiger partial charge in [-0.1, -0.05) is 253 Å². The van der Waals surface area contributed by atoms with Gasteiger partial charge in [0.15, 0.2) is 6.10 Å². The van der Waals surface area contributed by atoms with Gasteiger partial charge in [0, 0.05) is 19.4 Å². The van der Waals surface area contributed by atoms with Crippen LogP contribution in [-0.4, -0.2) is 49.3 Å². The van der Waals surface area contributed by atoms with E-state index in [9.17, 15) is 19.0 Å². The van der Waals surface area contributed by atoms with E-state index in [0.717, 1.165) is 64.2 Å². The fraction of sp³-hybridized carbons (Fsp3) is 0.729. The van der Waals surface area contributed by atoms with Crippen LogP contribution in [-0.2, 0) is 32.7 Å². The minimum Gasteiger partial charge on any atom is -0.462 e. The Bertz CT molecular complexity index is 1400. The summed E-state index contributed by atoms with van der Waals surface area (Å²) in [4.78, 5) is 35.1. The molecule has 0 rings (SSSR count). The maximum Gasteiger partial charge on any atom is 0.472 e. The van der Waals surface area contributed by atoms with E-state index < -0.39 is 32.5 Å². The van der Waals surface area contributed by atoms with Crippen LogP contribution in [0.1, 0.15) is 245 Å². The van der Waals surface area contributed by atoms with Gasteiger partial charge in [0.2, 0.25) is 0 Å². The maximum atomic E-state index is 12.7. The molecule has 3 N–H and O–H groups in total. The highest BCUT2D eigenvalue weighted by molar-refractivity contribution is 7.47. The number of phosphoric acid groups is 1. The Morgan fingerprint density at radius 3 is 1.17 bits per heavy atom. The molecule has 0 amide bonds. The number of carbonyl (C=O) groups excluding carboxylic acids is 2. The Hall–Kier alpha value is -2.81. The Morgan fingerprint density at radius 1 is 0.449 bits per heavy atom. The molecule has 0 aromatic carbocycles. The van der Waals surface area contributed by atoms with Crippen molar-refractivity contribution in [1.29, 1.82) is 0 Å². The summed E-state index contributed by atoms with van der Waals surface area (Å²) in [5, 5.41) is 0. The fourth-order valence-electron chi connectivity index (χ4n) is 7.68. The number of phosphoric ester groups is 1. The van der Waals surface area contributed by atoms with Crippen molar-refractivity contribution in [1.82, 2.24) is 0 Å². The molecule has 9 nitrogen and oxygen atoms in total. The summed E-state index contributed by atoms with van der Waals surface area (Å²) in [5.41, 5.74) is 5.37. The largest absolute Gasteiger partial charge is 0.472 e. The first-order chi connectivity index (χ1) is 33.8. The lowest BCUT2D eigenvalue weighted by atomic mass is 10.0. The fourth-order valence-corrected chi connectivity index (χ4v) is 8.45. The monoisotopic (exact) mass is 986 g/mol. The molecular formula is C59H104NO8P. The van der Waals surface area contributed by atoms with Crippen LogP contribution in [0.5, 0.6) is 0 Å². The van der Waals surface area contributed by atoms with Crippen molar-refractivity contribution >= 4 is 19.8 Å². The van der Waals surface area contributed by atoms with Crippen LogP contribution in [0.4, 0.5) is 0 Å². The highest BCUT2D eigenvalue weighted by atomic mass is 31.2. The lowest BCUT2D eigenvalue weighted by Gasteiger charge is -2.19. The molecular weight excluding hydrogens is 882 g/mol. The highest BCUT2D eigenvalue weighted by Gasteiger charge is 2.26. The zero-order valence-corrected chi connectivity index (χ0v) is 45.2. The van der Waals surface area contributed by atoms with Crippen molar-refractivity contribution in [2.45, 2.75) is 251 Å². The predicted octanol–water partition coefficient (Wildman–Crippen LogP) is 17.5. The topological polar surface area (TPSA) is 134 Å². The first-order valence-corrected chi connectivity index (χ1v) is 29.6. The minimum absolute atomic E-state index is 0.0411. The van der Waals surface area contributed by atoms with Gasteiger partial charge in [-0.2, -0.15) is 0 Å². The molecule has 0 bridgehead atoms. The van der Waals surface area contributed by atoms with Crippen molar-refractivity contribution in [2.24, 2.45) is 5.73 Å². The van der Waals surface area contributed by atoms with Gasteiger partial charge in [-0.15, -0.1) is 0 Å². The summed E-state index contributed by atoms with van der Waals surface area (Å²) in [6, 6.07) is 0. The van der Waals surface area contributed by atoms with Crippen LogP contribution in [0, 0.1) is 0 Å². The number of hydrogen-bond acceptors (Lipinski definition) is 8. The molecule has 0 saturated heterocycles. The van der Waals surface area contributed by atoms with E-state index in [1.807, 2.05) is 6.08 Å². The van der Waals surface area contributed by atoms with Crippen LogP contribution >= 0.6 is 7.82 Å². The third-order valence-electron chi connectivity index (χ3n) is 11.8. The number of ether oxygens (including phenoxy) is 2. The number of carbonyl (C=O) groups is 2. The van der Waals surface area contributed by atoms with Crippen LogP contribution in [0.2, 0.25) is 0 Å². The zero-order chi connectivity index (χ0) is 50.2. The average molecular weight is 986 g/mol. The second-order valence-electron chi connectivity index (χ2n) is 18.4. The molecule has 0 spiro atoms. The predicted molar refractivity (Wildman–Crippen MR) is 293 cm³/mol. The van der Waals surface area contributed by atoms with E-state index in [1.54, 1.807) is 0 Å². The molecule has 0 aliphatic heterocycles. The molecule has 0 radical (unpaired) electrons. The minimum atomic E-state index is -4.41. The summed E-state index contributed by atoms with van der Waals surface area (Å²) in [6.07, 6.45) is 70.8. The second kappa shape index (κ2) is 54.5. The van der Waals surface area contributed by atoms with Gasteiger partial charge in [0.05, 0.1) is 13.2 Å². The van der Waals surface area contributed by atoms with E-state index in [-0.39, 0.29) is 32.6 Å². The summed E-state index contributed by atoms with van der Waals surface area (Å²) in [7, 11) is -4.41. The molecule has 0 aliphatic rings. The third kappa shape index (κ3) is 54.4. The Balaban J connectivity index is 4.08. The van der Waals surface area contributed by atoms with Gasteiger partial charge in [-0.3, -0.25) is 18.6 Å². The van der Waals surface area contributed by atoms with Crippen LogP contribution in [0.15, 0.2) is 85.1 Å². The normalized spacial score (nSPS) is 13.7. The molecule has 0 aromatic rings. The van der Waals surface area contributed by atoms with Gasteiger partial charge in [-0.05, 0) is 64.2 Å². The number of allylic oxidation sites excluding steroid dienone is 14. The van der Waals surface area contributed by atoms with Crippen molar-refractivity contribution in [3.05, 3.63) is 85.1 Å². The third-order valence-corrected chi connectivity index (χ3v) is 12.8. The van der Waals surface area contributed by atoms with E-state index in [2.05, 4.69) is 92.8 Å². The molecule has 10 heteroatoms. The van der Waals surface area contributed by atoms with Crippen molar-refractivity contribution < 1.29 is 37.6 Å². The lowest BCUT2D eigenvalue weighted by molar-refractivity contribution is -0.161. The van der Waals surface area contributed by atoms with Crippen LogP contribution in [0.25, 0.3) is 0 Å². The summed E-state index contributed by atoms with van der Waals surface area (Å²) in [6.45, 7) is 3.58. The van der Waals surface area contributed by atoms with Gasteiger partial charge in [0.25, 0.3) is 0 Å². The molecule has 0 fully saturated rings.